The van der Waals surface area contributed by atoms with E-state index in [-0.39, 0.29) is 0 Å². The first-order chi connectivity index (χ1) is 13.3. The van der Waals surface area contributed by atoms with Crippen LogP contribution in [0.5, 0.6) is 0 Å². The Hall–Kier alpha value is 0.0300. The zero-order valence-corrected chi connectivity index (χ0v) is 20.0. The van der Waals surface area contributed by atoms with Crippen LogP contribution in [0.4, 0.5) is 0 Å². The van der Waals surface area contributed by atoms with Crippen LogP contribution < -0.4 is 0 Å². The Labute approximate surface area is 180 Å². The molecule has 0 nitrogen and oxygen atoms in total. The Morgan fingerprint density at radius 3 is 2.50 bits per heavy atom. The summed E-state index contributed by atoms with van der Waals surface area (Å²) in [6.45, 7) is 12.7. The molecule has 0 aromatic carbocycles. The van der Waals surface area contributed by atoms with Crippen LogP contribution in [-0.4, -0.2) is 5.38 Å². The van der Waals surface area contributed by atoms with Crippen molar-refractivity contribution in [1.29, 1.82) is 0 Å². The van der Waals surface area contributed by atoms with Gasteiger partial charge < -0.3 is 0 Å². The molecular formula is C27H45Cl. The SMILES string of the molecule is CC(C)CCCC(C)C1CCC2C3CCC4=CC(Cl)CCC4(C)C3CCC12C. The summed E-state index contributed by atoms with van der Waals surface area (Å²) in [5, 5.41) is 0.302. The molecule has 0 aliphatic heterocycles. The minimum atomic E-state index is 0.302. The highest BCUT2D eigenvalue weighted by molar-refractivity contribution is 6.21. The standard InChI is InChI=1S/C27H45Cl/c1-18(2)7-6-8-19(3)23-11-12-24-22-10-9-20-17-21(28)13-15-26(20,4)25(22)14-16-27(23,24)5/h17-19,21-25H,6-16H2,1-5H3. The molecule has 0 spiro atoms. The maximum atomic E-state index is 6.52. The normalized spacial score (nSPS) is 46.5. The molecule has 4 aliphatic rings. The van der Waals surface area contributed by atoms with Crippen LogP contribution in [0.25, 0.3) is 0 Å². The van der Waals surface area contributed by atoms with Crippen LogP contribution in [0.3, 0.4) is 0 Å². The first-order valence-corrected chi connectivity index (χ1v) is 13.0. The van der Waals surface area contributed by atoms with E-state index in [0.29, 0.717) is 16.2 Å². The molecular weight excluding hydrogens is 360 g/mol. The molecule has 4 rings (SSSR count). The van der Waals surface area contributed by atoms with E-state index in [1.54, 1.807) is 5.57 Å². The molecule has 0 saturated heterocycles. The third-order valence-electron chi connectivity index (χ3n) is 10.3. The van der Waals surface area contributed by atoms with Crippen molar-refractivity contribution in [3.05, 3.63) is 11.6 Å². The summed E-state index contributed by atoms with van der Waals surface area (Å²) in [4.78, 5) is 0. The van der Waals surface area contributed by atoms with E-state index in [9.17, 15) is 0 Å². The average molecular weight is 405 g/mol. The van der Waals surface area contributed by atoms with Gasteiger partial charge in [-0.25, -0.2) is 0 Å². The van der Waals surface area contributed by atoms with Gasteiger partial charge in [-0.3, -0.25) is 0 Å². The molecule has 8 atom stereocenters. The van der Waals surface area contributed by atoms with Crippen molar-refractivity contribution < 1.29 is 0 Å². The lowest BCUT2D eigenvalue weighted by molar-refractivity contribution is -0.0591. The fourth-order valence-electron chi connectivity index (χ4n) is 8.71. The second-order valence-electron chi connectivity index (χ2n) is 12.1. The molecule has 3 saturated carbocycles. The molecule has 8 unspecified atom stereocenters. The molecule has 160 valence electrons. The summed E-state index contributed by atoms with van der Waals surface area (Å²) >= 11 is 6.52. The van der Waals surface area contributed by atoms with Gasteiger partial charge in [0.05, 0.1) is 5.38 Å². The number of rotatable bonds is 5. The second-order valence-corrected chi connectivity index (χ2v) is 12.7. The van der Waals surface area contributed by atoms with Crippen LogP contribution in [0.1, 0.15) is 105 Å². The highest BCUT2D eigenvalue weighted by Gasteiger charge is 2.59. The fraction of sp³-hybridized carbons (Fsp3) is 0.926. The van der Waals surface area contributed by atoms with Gasteiger partial charge in [0.25, 0.3) is 0 Å². The summed E-state index contributed by atoms with van der Waals surface area (Å²) in [7, 11) is 0. The van der Waals surface area contributed by atoms with Gasteiger partial charge in [-0.1, -0.05) is 65.5 Å². The number of halogens is 1. The topological polar surface area (TPSA) is 0 Å². The van der Waals surface area contributed by atoms with Gasteiger partial charge in [0.1, 0.15) is 0 Å². The number of fused-ring (bicyclic) bond motifs is 5. The monoisotopic (exact) mass is 404 g/mol. The van der Waals surface area contributed by atoms with Crippen molar-refractivity contribution in [3.63, 3.8) is 0 Å². The van der Waals surface area contributed by atoms with Crippen molar-refractivity contribution >= 4 is 11.6 Å². The van der Waals surface area contributed by atoms with Crippen molar-refractivity contribution in [1.82, 2.24) is 0 Å². The zero-order chi connectivity index (χ0) is 20.1. The molecule has 0 heterocycles. The lowest BCUT2D eigenvalue weighted by Crippen LogP contribution is -2.51. The number of alkyl halides is 1. The Kier molecular flexibility index (Phi) is 6.03. The largest absolute Gasteiger partial charge is 0.118 e. The Morgan fingerprint density at radius 2 is 1.75 bits per heavy atom. The highest BCUT2D eigenvalue weighted by atomic mass is 35.5. The predicted octanol–water partition coefficient (Wildman–Crippen LogP) is 8.64. The number of hydrogen-bond acceptors (Lipinski definition) is 0. The first kappa shape index (κ1) is 21.3. The van der Waals surface area contributed by atoms with E-state index in [1.165, 1.54) is 70.6 Å². The Morgan fingerprint density at radius 1 is 0.964 bits per heavy atom. The van der Waals surface area contributed by atoms with Crippen molar-refractivity contribution in [3.8, 4) is 0 Å². The minimum Gasteiger partial charge on any atom is -0.118 e. The molecule has 1 heteroatoms. The molecule has 0 radical (unpaired) electrons. The lowest BCUT2D eigenvalue weighted by atomic mass is 9.46. The predicted molar refractivity (Wildman–Crippen MR) is 123 cm³/mol. The minimum absolute atomic E-state index is 0.302. The summed E-state index contributed by atoms with van der Waals surface area (Å²) < 4.78 is 0. The first-order valence-electron chi connectivity index (χ1n) is 12.6. The van der Waals surface area contributed by atoms with Crippen LogP contribution in [0.15, 0.2) is 11.6 Å². The van der Waals surface area contributed by atoms with Crippen LogP contribution in [0, 0.1) is 46.3 Å². The molecule has 0 bridgehead atoms. The highest BCUT2D eigenvalue weighted by Crippen LogP contribution is 2.67. The van der Waals surface area contributed by atoms with E-state index < -0.39 is 0 Å². The molecule has 0 aromatic rings. The van der Waals surface area contributed by atoms with E-state index in [4.69, 9.17) is 11.6 Å². The Balaban J connectivity index is 1.48. The molecule has 0 aromatic heterocycles. The summed E-state index contributed by atoms with van der Waals surface area (Å²) in [6, 6.07) is 0. The third kappa shape index (κ3) is 3.52. The average Bonchev–Trinajstić information content (AvgIpc) is 2.99. The molecule has 4 aliphatic carbocycles. The lowest BCUT2D eigenvalue weighted by Gasteiger charge is -2.59. The van der Waals surface area contributed by atoms with Gasteiger partial charge in [-0.2, -0.15) is 0 Å². The fourth-order valence-corrected chi connectivity index (χ4v) is 8.97. The zero-order valence-electron chi connectivity index (χ0n) is 19.3. The number of hydrogen-bond donors (Lipinski definition) is 0. The van der Waals surface area contributed by atoms with Gasteiger partial charge in [-0.15, -0.1) is 11.6 Å². The summed E-state index contributed by atoms with van der Waals surface area (Å²) in [5.41, 5.74) is 2.83. The summed E-state index contributed by atoms with van der Waals surface area (Å²) in [5.74, 6) is 5.68. The van der Waals surface area contributed by atoms with Gasteiger partial charge in [0, 0.05) is 0 Å². The molecule has 28 heavy (non-hydrogen) atoms. The van der Waals surface area contributed by atoms with E-state index in [1.807, 2.05) is 0 Å². The second kappa shape index (κ2) is 7.94. The van der Waals surface area contributed by atoms with Gasteiger partial charge in [0.2, 0.25) is 0 Å². The van der Waals surface area contributed by atoms with E-state index in [2.05, 4.69) is 40.7 Å². The van der Waals surface area contributed by atoms with Crippen LogP contribution >= 0.6 is 11.6 Å². The van der Waals surface area contributed by atoms with Gasteiger partial charge >= 0.3 is 0 Å². The van der Waals surface area contributed by atoms with Crippen molar-refractivity contribution in [2.75, 3.05) is 0 Å². The van der Waals surface area contributed by atoms with Crippen LogP contribution in [-0.2, 0) is 0 Å². The van der Waals surface area contributed by atoms with Crippen molar-refractivity contribution in [2.24, 2.45) is 46.3 Å². The van der Waals surface area contributed by atoms with Gasteiger partial charge in [-0.05, 0) is 97.7 Å². The molecule has 3 fully saturated rings. The third-order valence-corrected chi connectivity index (χ3v) is 10.6. The quantitative estimate of drug-likeness (QED) is 0.317. The van der Waals surface area contributed by atoms with Gasteiger partial charge in [0.15, 0.2) is 0 Å². The molecule has 0 amide bonds. The van der Waals surface area contributed by atoms with Crippen LogP contribution in [0.2, 0.25) is 0 Å². The smallest absolute Gasteiger partial charge is 0.0519 e. The number of allylic oxidation sites excluding steroid dienone is 2. The van der Waals surface area contributed by atoms with E-state index >= 15 is 0 Å². The summed E-state index contributed by atoms with van der Waals surface area (Å²) in [6.07, 6.45) is 18.1. The maximum absolute atomic E-state index is 6.52. The van der Waals surface area contributed by atoms with E-state index in [0.717, 1.165) is 35.5 Å². The maximum Gasteiger partial charge on any atom is 0.0519 e. The Bertz CT molecular complexity index is 591. The molecule has 0 N–H and O–H groups in total. The van der Waals surface area contributed by atoms with Crippen molar-refractivity contribution in [2.45, 2.75) is 111 Å².